The predicted molar refractivity (Wildman–Crippen MR) is 249 cm³/mol. The normalized spacial score (nSPS) is 23.0. The topological polar surface area (TPSA) is 201 Å². The smallest absolute Gasteiger partial charge is 0.266 e. The number of amides is 6. The zero-order valence-electron chi connectivity index (χ0n) is 37.8. The van der Waals surface area contributed by atoms with Crippen molar-refractivity contribution in [3.63, 3.8) is 0 Å². The molecule has 11 rings (SSSR count). The summed E-state index contributed by atoms with van der Waals surface area (Å²) in [6.07, 6.45) is 12.0. The average molecular weight is 919 g/mol. The Balaban J connectivity index is 0.613. The maximum Gasteiger partial charge on any atom is 0.266 e. The lowest BCUT2D eigenvalue weighted by atomic mass is 9.59. The molecule has 17 nitrogen and oxygen atoms in total. The molecule has 0 bridgehead atoms. The minimum atomic E-state index is -1.08. The van der Waals surface area contributed by atoms with Crippen molar-refractivity contribution in [2.24, 2.45) is 5.41 Å². The van der Waals surface area contributed by atoms with Gasteiger partial charge in [0, 0.05) is 43.3 Å². The molecule has 2 aliphatic carbocycles. The van der Waals surface area contributed by atoms with Gasteiger partial charge in [-0.2, -0.15) is 0 Å². The van der Waals surface area contributed by atoms with Crippen LogP contribution in [-0.4, -0.2) is 121 Å². The molecule has 5 aromatic rings. The van der Waals surface area contributed by atoms with Crippen LogP contribution in [-0.2, 0) is 25.6 Å². The summed E-state index contributed by atoms with van der Waals surface area (Å²) in [5.74, 6) is -1.22. The van der Waals surface area contributed by atoms with Crippen molar-refractivity contribution in [1.82, 2.24) is 44.9 Å². The van der Waals surface area contributed by atoms with Crippen molar-refractivity contribution >= 4 is 58.1 Å². The molecule has 0 radical (unpaired) electrons. The second kappa shape index (κ2) is 17.9. The standard InChI is InChI=1S/C51H54N10O7/c62-41-14-13-39(48(65)57-41)61-49(66)38-7-4-8-40(44(38)50(61)67)68-28-43(64)59-21-17-51(18-22-59)26-37(27-51)58-19-15-33(16-20-58)32-9-11-34(12-10-32)56-46-45-47(53-29-52-46)60(30-54-45)36-24-35(25-36)55-42(63)23-31-5-2-1-3-6-31/h1-12,29-30,33,35-37,39H,13-28H2,(H,55,63)(H,52,53,56)(H,57,62,65). The van der Waals surface area contributed by atoms with Gasteiger partial charge in [0.25, 0.3) is 17.7 Å². The fraction of sp³-hybridized carbons (Fsp3) is 0.431. The lowest BCUT2D eigenvalue weighted by Gasteiger charge is -2.56. The number of ether oxygens (including phenoxy) is 1. The Morgan fingerprint density at radius 1 is 0.809 bits per heavy atom. The van der Waals surface area contributed by atoms with Crippen LogP contribution in [0.3, 0.4) is 0 Å². The molecule has 3 aromatic carbocycles. The second-order valence-electron chi connectivity index (χ2n) is 19.5. The number of fused-ring (bicyclic) bond motifs is 2. The average Bonchev–Trinajstić information content (AvgIpc) is 3.87. The Kier molecular flexibility index (Phi) is 11.5. The molecule has 5 fully saturated rings. The highest BCUT2D eigenvalue weighted by atomic mass is 16.5. The molecular weight excluding hydrogens is 865 g/mol. The van der Waals surface area contributed by atoms with Crippen molar-refractivity contribution in [2.75, 3.05) is 38.1 Å². The van der Waals surface area contributed by atoms with Gasteiger partial charge in [-0.25, -0.2) is 15.0 Å². The van der Waals surface area contributed by atoms with E-state index in [1.807, 2.05) is 41.6 Å². The van der Waals surface area contributed by atoms with Crippen molar-refractivity contribution in [2.45, 2.75) is 101 Å². The Morgan fingerprint density at radius 3 is 2.32 bits per heavy atom. The van der Waals surface area contributed by atoms with Crippen molar-refractivity contribution in [3.8, 4) is 5.75 Å². The number of rotatable bonds is 12. The minimum absolute atomic E-state index is 0.0321. The van der Waals surface area contributed by atoms with Gasteiger partial charge in [0.05, 0.1) is 23.9 Å². The Labute approximate surface area is 393 Å². The second-order valence-corrected chi connectivity index (χ2v) is 19.5. The van der Waals surface area contributed by atoms with Crippen LogP contribution < -0.4 is 20.7 Å². The lowest BCUT2D eigenvalue weighted by molar-refractivity contribution is -0.138. The van der Waals surface area contributed by atoms with Gasteiger partial charge in [-0.05, 0) is 118 Å². The summed E-state index contributed by atoms with van der Waals surface area (Å²) in [7, 11) is 0. The van der Waals surface area contributed by atoms with Gasteiger partial charge in [-0.15, -0.1) is 0 Å². The number of anilines is 2. The van der Waals surface area contributed by atoms with Crippen LogP contribution in [0.1, 0.15) is 108 Å². The fourth-order valence-corrected chi connectivity index (χ4v) is 11.4. The molecule has 1 atom stereocenters. The van der Waals surface area contributed by atoms with Crippen LogP contribution >= 0.6 is 0 Å². The molecule has 6 amide bonds. The number of hydrogen-bond acceptors (Lipinski definition) is 12. The third kappa shape index (κ3) is 8.37. The number of carbonyl (C=O) groups is 6. The van der Waals surface area contributed by atoms with E-state index in [1.165, 1.54) is 11.6 Å². The number of aromatic nitrogens is 4. The van der Waals surface area contributed by atoms with E-state index >= 15 is 0 Å². The van der Waals surface area contributed by atoms with Gasteiger partial charge in [0.2, 0.25) is 17.7 Å². The van der Waals surface area contributed by atoms with Gasteiger partial charge >= 0.3 is 0 Å². The molecule has 3 N–H and O–H groups in total. The maximum absolute atomic E-state index is 13.4. The van der Waals surface area contributed by atoms with E-state index in [1.54, 1.807) is 18.5 Å². The summed E-state index contributed by atoms with van der Waals surface area (Å²) in [6, 6.07) is 23.0. The summed E-state index contributed by atoms with van der Waals surface area (Å²) < 4.78 is 8.00. The monoisotopic (exact) mass is 918 g/mol. The number of piperidine rings is 3. The first-order valence-electron chi connectivity index (χ1n) is 23.9. The molecule has 68 heavy (non-hydrogen) atoms. The van der Waals surface area contributed by atoms with E-state index in [-0.39, 0.29) is 65.6 Å². The molecular formula is C51H54N10O7. The summed E-state index contributed by atoms with van der Waals surface area (Å²) in [4.78, 5) is 96.0. The van der Waals surface area contributed by atoms with E-state index in [0.717, 1.165) is 91.8 Å². The van der Waals surface area contributed by atoms with E-state index in [0.29, 0.717) is 37.3 Å². The van der Waals surface area contributed by atoms with Crippen LogP contribution in [0.2, 0.25) is 0 Å². The Bertz CT molecular complexity index is 2780. The Morgan fingerprint density at radius 2 is 1.57 bits per heavy atom. The number of likely N-dealkylation sites (tertiary alicyclic amines) is 2. The molecule has 1 unspecified atom stereocenters. The lowest BCUT2D eigenvalue weighted by Crippen LogP contribution is -2.57. The van der Waals surface area contributed by atoms with Gasteiger partial charge < -0.3 is 29.7 Å². The summed E-state index contributed by atoms with van der Waals surface area (Å²) in [5, 5.41) is 8.85. The first-order valence-corrected chi connectivity index (χ1v) is 23.9. The van der Waals surface area contributed by atoms with E-state index in [2.05, 4.69) is 59.7 Å². The fourth-order valence-electron chi connectivity index (χ4n) is 11.4. The summed E-state index contributed by atoms with van der Waals surface area (Å²) in [6.45, 7) is 3.18. The zero-order valence-corrected chi connectivity index (χ0v) is 37.8. The van der Waals surface area contributed by atoms with Gasteiger partial charge in [-0.1, -0.05) is 48.5 Å². The third-order valence-electron chi connectivity index (χ3n) is 15.4. The highest BCUT2D eigenvalue weighted by molar-refractivity contribution is 6.24. The molecule has 6 aliphatic rings. The zero-order chi connectivity index (χ0) is 46.5. The van der Waals surface area contributed by atoms with Gasteiger partial charge in [0.15, 0.2) is 23.6 Å². The van der Waals surface area contributed by atoms with Crippen LogP contribution in [0, 0.1) is 5.41 Å². The van der Waals surface area contributed by atoms with Crippen molar-refractivity contribution in [3.05, 3.63) is 108 Å². The van der Waals surface area contributed by atoms with Gasteiger partial charge in [-0.3, -0.25) is 39.0 Å². The highest BCUT2D eigenvalue weighted by Gasteiger charge is 2.49. The van der Waals surface area contributed by atoms with E-state index in [4.69, 9.17) is 9.72 Å². The maximum atomic E-state index is 13.4. The van der Waals surface area contributed by atoms with Crippen LogP contribution in [0.15, 0.2) is 85.5 Å². The van der Waals surface area contributed by atoms with Crippen molar-refractivity contribution in [1.29, 1.82) is 0 Å². The van der Waals surface area contributed by atoms with Crippen LogP contribution in [0.5, 0.6) is 5.75 Å². The number of benzene rings is 3. The highest BCUT2D eigenvalue weighted by Crippen LogP contribution is 2.52. The number of nitrogens with one attached hydrogen (secondary N) is 3. The molecule has 3 saturated heterocycles. The predicted octanol–water partition coefficient (Wildman–Crippen LogP) is 5.06. The molecule has 6 heterocycles. The quantitative estimate of drug-likeness (QED) is 0.141. The molecule has 2 saturated carbocycles. The van der Waals surface area contributed by atoms with E-state index < -0.39 is 29.7 Å². The largest absolute Gasteiger partial charge is 0.483 e. The van der Waals surface area contributed by atoms with Crippen molar-refractivity contribution < 1.29 is 33.5 Å². The molecule has 1 spiro atoms. The third-order valence-corrected chi connectivity index (χ3v) is 15.4. The number of imidazole rings is 1. The van der Waals surface area contributed by atoms with Gasteiger partial charge in [0.1, 0.15) is 18.1 Å². The minimum Gasteiger partial charge on any atom is -0.483 e. The van der Waals surface area contributed by atoms with Crippen LogP contribution in [0.4, 0.5) is 11.5 Å². The SMILES string of the molecule is O=C1CCC(N2C(=O)c3cccc(OCC(=O)N4CCC5(CC4)CC(N4CCC(c6ccc(Nc7ncnc8c7ncn8C7CC(NC(=O)Cc8ccccc8)C7)cc6)CC4)C5)c3C2=O)C(=O)N1. The summed E-state index contributed by atoms with van der Waals surface area (Å²) in [5.41, 5.74) is 5.21. The van der Waals surface area contributed by atoms with E-state index in [9.17, 15) is 28.8 Å². The molecule has 4 aliphatic heterocycles. The molecule has 2 aromatic heterocycles. The first kappa shape index (κ1) is 43.6. The number of hydrogen-bond donors (Lipinski definition) is 3. The van der Waals surface area contributed by atoms with Crippen LogP contribution in [0.25, 0.3) is 11.2 Å². The number of carbonyl (C=O) groups excluding carboxylic acids is 6. The molecule has 350 valence electrons. The number of nitrogens with zero attached hydrogens (tertiary/aromatic N) is 7. The first-order chi connectivity index (χ1) is 33.1. The molecule has 17 heteroatoms. The number of imide groups is 2. The summed E-state index contributed by atoms with van der Waals surface area (Å²) >= 11 is 0. The Hall–Kier alpha value is -7.01.